The zero-order valence-electron chi connectivity index (χ0n) is 10.5. The molecule has 0 heterocycles. The van der Waals surface area contributed by atoms with E-state index in [9.17, 15) is 4.79 Å². The van der Waals surface area contributed by atoms with E-state index in [1.165, 1.54) is 6.08 Å². The highest BCUT2D eigenvalue weighted by atomic mass is 16.5. The second-order valence-electron chi connectivity index (χ2n) is 3.61. The van der Waals surface area contributed by atoms with E-state index in [0.717, 1.165) is 32.1 Å². The van der Waals surface area contributed by atoms with Crippen LogP contribution in [0.25, 0.3) is 0 Å². The molecule has 3 heteroatoms. The molecular formula is C14H21NO2. The predicted octanol–water partition coefficient (Wildman–Crippen LogP) is 3.53. The smallest absolute Gasteiger partial charge is 0.330 e. The minimum atomic E-state index is -0.264. The third kappa shape index (κ3) is 12.4. The van der Waals surface area contributed by atoms with Gasteiger partial charge in [-0.15, -0.1) is 0 Å². The number of allylic oxidation sites excluding steroid dienone is 3. The monoisotopic (exact) mass is 235 g/mol. The number of unbranched alkanes of at least 4 members (excludes halogenated alkanes) is 4. The number of hydrogen-bond donors (Lipinski definition) is 0. The maximum Gasteiger partial charge on any atom is 0.330 e. The van der Waals surface area contributed by atoms with Crippen molar-refractivity contribution in [2.24, 2.45) is 0 Å². The number of nitriles is 1. The Balaban J connectivity index is 3.34. The molecular weight excluding hydrogens is 214 g/mol. The summed E-state index contributed by atoms with van der Waals surface area (Å²) in [6.45, 7) is 2.22. The van der Waals surface area contributed by atoms with Gasteiger partial charge in [0, 0.05) is 12.5 Å². The van der Waals surface area contributed by atoms with Gasteiger partial charge in [0.2, 0.25) is 0 Å². The Morgan fingerprint density at radius 3 is 2.47 bits per heavy atom. The zero-order valence-corrected chi connectivity index (χ0v) is 10.5. The number of nitrogens with zero attached hydrogens (tertiary/aromatic N) is 1. The van der Waals surface area contributed by atoms with Crippen molar-refractivity contribution in [3.63, 3.8) is 0 Å². The number of esters is 1. The molecule has 0 aliphatic carbocycles. The molecule has 0 amide bonds. The van der Waals surface area contributed by atoms with E-state index >= 15 is 0 Å². The first kappa shape index (κ1) is 15.4. The lowest BCUT2D eigenvalue weighted by molar-refractivity contribution is -0.137. The zero-order chi connectivity index (χ0) is 12.8. The Kier molecular flexibility index (Phi) is 11.4. The highest BCUT2D eigenvalue weighted by molar-refractivity contribution is 5.81. The minimum Gasteiger partial charge on any atom is -0.463 e. The molecule has 0 radical (unpaired) electrons. The van der Waals surface area contributed by atoms with Crippen LogP contribution in [-0.4, -0.2) is 12.6 Å². The van der Waals surface area contributed by atoms with Gasteiger partial charge in [0.25, 0.3) is 0 Å². The molecule has 0 spiro atoms. The van der Waals surface area contributed by atoms with Gasteiger partial charge in [0.05, 0.1) is 12.7 Å². The summed E-state index contributed by atoms with van der Waals surface area (Å²) >= 11 is 0. The molecule has 0 atom stereocenters. The fourth-order valence-electron chi connectivity index (χ4n) is 1.26. The standard InChI is InChI=1S/C14H21NO2/c1-2-17-14(16)12-10-8-6-4-3-5-7-9-11-13-15/h3,5,10,12H,2,4,6-9,11H2,1H3/b5-3+,12-10+. The van der Waals surface area contributed by atoms with Crippen molar-refractivity contribution >= 4 is 5.97 Å². The summed E-state index contributed by atoms with van der Waals surface area (Å²) in [7, 11) is 0. The summed E-state index contributed by atoms with van der Waals surface area (Å²) in [5.41, 5.74) is 0. The van der Waals surface area contributed by atoms with E-state index in [1.807, 2.05) is 6.08 Å². The lowest BCUT2D eigenvalue weighted by Crippen LogP contribution is -1.98. The van der Waals surface area contributed by atoms with Crippen LogP contribution in [0, 0.1) is 11.3 Å². The Labute approximate surface area is 104 Å². The molecule has 0 aliphatic heterocycles. The Hall–Kier alpha value is -1.56. The molecule has 0 aromatic rings. The van der Waals surface area contributed by atoms with Crippen LogP contribution in [0.2, 0.25) is 0 Å². The van der Waals surface area contributed by atoms with Gasteiger partial charge < -0.3 is 4.74 Å². The number of carbonyl (C=O) groups excluding carboxylic acids is 1. The van der Waals surface area contributed by atoms with Gasteiger partial charge in [0.1, 0.15) is 0 Å². The molecule has 3 nitrogen and oxygen atoms in total. The van der Waals surface area contributed by atoms with Crippen molar-refractivity contribution < 1.29 is 9.53 Å². The molecule has 0 saturated heterocycles. The van der Waals surface area contributed by atoms with Crippen molar-refractivity contribution in [3.8, 4) is 6.07 Å². The second kappa shape index (κ2) is 12.5. The second-order valence-corrected chi connectivity index (χ2v) is 3.61. The summed E-state index contributed by atoms with van der Waals surface area (Å²) in [6, 6.07) is 2.12. The van der Waals surface area contributed by atoms with Crippen LogP contribution in [0.3, 0.4) is 0 Å². The van der Waals surface area contributed by atoms with Crippen LogP contribution in [-0.2, 0) is 9.53 Å². The first-order valence-corrected chi connectivity index (χ1v) is 6.16. The molecule has 0 rings (SSSR count). The average molecular weight is 235 g/mol. The predicted molar refractivity (Wildman–Crippen MR) is 68.2 cm³/mol. The van der Waals surface area contributed by atoms with Crippen LogP contribution in [0.5, 0.6) is 0 Å². The van der Waals surface area contributed by atoms with Gasteiger partial charge in [-0.2, -0.15) is 5.26 Å². The number of ether oxygens (including phenoxy) is 1. The fraction of sp³-hybridized carbons (Fsp3) is 0.571. The van der Waals surface area contributed by atoms with E-state index in [-0.39, 0.29) is 5.97 Å². The molecule has 0 bridgehead atoms. The van der Waals surface area contributed by atoms with Crippen molar-refractivity contribution in [3.05, 3.63) is 24.3 Å². The molecule has 0 fully saturated rings. The topological polar surface area (TPSA) is 50.1 Å². The highest BCUT2D eigenvalue weighted by Gasteiger charge is 1.91. The first-order valence-electron chi connectivity index (χ1n) is 6.16. The Bertz CT molecular complexity index is 287. The summed E-state index contributed by atoms with van der Waals surface area (Å²) in [6.07, 6.45) is 13.1. The van der Waals surface area contributed by atoms with E-state index in [4.69, 9.17) is 10.00 Å². The van der Waals surface area contributed by atoms with Gasteiger partial charge in [-0.25, -0.2) is 4.79 Å². The number of rotatable bonds is 9. The Morgan fingerprint density at radius 1 is 1.18 bits per heavy atom. The average Bonchev–Trinajstić information content (AvgIpc) is 2.32. The summed E-state index contributed by atoms with van der Waals surface area (Å²) in [5, 5.41) is 8.33. The summed E-state index contributed by atoms with van der Waals surface area (Å²) in [5.74, 6) is -0.264. The summed E-state index contributed by atoms with van der Waals surface area (Å²) < 4.78 is 4.76. The van der Waals surface area contributed by atoms with Gasteiger partial charge in [-0.1, -0.05) is 18.2 Å². The molecule has 0 N–H and O–H groups in total. The quantitative estimate of drug-likeness (QED) is 0.266. The maximum atomic E-state index is 10.9. The van der Waals surface area contributed by atoms with Crippen LogP contribution in [0.1, 0.15) is 45.4 Å². The van der Waals surface area contributed by atoms with Gasteiger partial charge in [-0.3, -0.25) is 0 Å². The molecule has 0 unspecified atom stereocenters. The van der Waals surface area contributed by atoms with Crippen molar-refractivity contribution in [2.45, 2.75) is 45.4 Å². The molecule has 0 saturated carbocycles. The van der Waals surface area contributed by atoms with E-state index in [0.29, 0.717) is 13.0 Å². The fourth-order valence-corrected chi connectivity index (χ4v) is 1.26. The number of hydrogen-bond acceptors (Lipinski definition) is 3. The lowest BCUT2D eigenvalue weighted by Gasteiger charge is -1.94. The maximum absolute atomic E-state index is 10.9. The molecule has 0 aromatic carbocycles. The first-order chi connectivity index (χ1) is 8.31. The third-order valence-electron chi connectivity index (χ3n) is 2.11. The van der Waals surface area contributed by atoms with Crippen molar-refractivity contribution in [1.29, 1.82) is 5.26 Å². The third-order valence-corrected chi connectivity index (χ3v) is 2.11. The minimum absolute atomic E-state index is 0.264. The van der Waals surface area contributed by atoms with Crippen LogP contribution in [0.4, 0.5) is 0 Å². The molecule has 17 heavy (non-hydrogen) atoms. The van der Waals surface area contributed by atoms with Crippen LogP contribution >= 0.6 is 0 Å². The lowest BCUT2D eigenvalue weighted by atomic mass is 10.2. The molecule has 94 valence electrons. The van der Waals surface area contributed by atoms with Gasteiger partial charge in [0.15, 0.2) is 0 Å². The van der Waals surface area contributed by atoms with Crippen molar-refractivity contribution in [2.75, 3.05) is 6.61 Å². The van der Waals surface area contributed by atoms with E-state index in [2.05, 4.69) is 18.2 Å². The molecule has 0 aliphatic rings. The molecule has 0 aromatic heterocycles. The Morgan fingerprint density at radius 2 is 1.82 bits per heavy atom. The SMILES string of the molecule is CCOC(=O)/C=C/CCC/C=C/CCCC#N. The van der Waals surface area contributed by atoms with Gasteiger partial charge >= 0.3 is 5.97 Å². The van der Waals surface area contributed by atoms with E-state index < -0.39 is 0 Å². The summed E-state index contributed by atoms with van der Waals surface area (Å²) in [4.78, 5) is 10.9. The van der Waals surface area contributed by atoms with Crippen LogP contribution in [0.15, 0.2) is 24.3 Å². The normalized spacial score (nSPS) is 10.8. The largest absolute Gasteiger partial charge is 0.463 e. The number of carbonyl (C=O) groups is 1. The highest BCUT2D eigenvalue weighted by Crippen LogP contribution is 2.01. The van der Waals surface area contributed by atoms with E-state index in [1.54, 1.807) is 6.92 Å². The van der Waals surface area contributed by atoms with Crippen LogP contribution < -0.4 is 0 Å². The van der Waals surface area contributed by atoms with Gasteiger partial charge in [-0.05, 0) is 39.0 Å². The van der Waals surface area contributed by atoms with Crippen molar-refractivity contribution in [1.82, 2.24) is 0 Å².